The maximum absolute atomic E-state index is 12.0. The van der Waals surface area contributed by atoms with Crippen molar-refractivity contribution in [3.05, 3.63) is 155 Å². The minimum Gasteiger partial charge on any atom is -0.461 e. The molecule has 0 radical (unpaired) electrons. The summed E-state index contributed by atoms with van der Waals surface area (Å²) in [6.45, 7) is 17.6. The first-order chi connectivity index (χ1) is 26.5. The van der Waals surface area contributed by atoms with E-state index in [0.717, 1.165) is 58.2 Å². The van der Waals surface area contributed by atoms with Crippen molar-refractivity contribution in [1.82, 2.24) is 0 Å². The topological polar surface area (TPSA) is 58.9 Å². The molecule has 2 aliphatic heterocycles. The minimum atomic E-state index is -0.430. The Balaban J connectivity index is 1.25. The predicted molar refractivity (Wildman–Crippen MR) is 225 cm³/mol. The first-order valence-corrected chi connectivity index (χ1v) is 19.4. The van der Waals surface area contributed by atoms with Gasteiger partial charge in [0.1, 0.15) is 6.61 Å². The van der Waals surface area contributed by atoms with E-state index in [1.807, 2.05) is 0 Å². The molecule has 0 saturated heterocycles. The molecule has 7 rings (SSSR count). The Kier molecular flexibility index (Phi) is 10.6. The van der Waals surface area contributed by atoms with E-state index in [2.05, 4.69) is 147 Å². The first-order valence-electron chi connectivity index (χ1n) is 19.0. The van der Waals surface area contributed by atoms with Crippen molar-refractivity contribution in [2.45, 2.75) is 57.8 Å². The molecule has 1 aliphatic carbocycles. The summed E-state index contributed by atoms with van der Waals surface area (Å²) in [6.07, 6.45) is 13.9. The molecule has 0 N–H and O–H groups in total. The molecule has 0 aromatic heterocycles. The Morgan fingerprint density at radius 1 is 0.782 bits per heavy atom. The molecule has 0 atom stereocenters. The highest BCUT2D eigenvalue weighted by molar-refractivity contribution is 6.32. The number of benzene rings is 4. The fourth-order valence-corrected chi connectivity index (χ4v) is 9.03. The number of hydrogen-bond acceptors (Lipinski definition) is 5. The number of carbonyl (C=O) groups excluding carboxylic acids is 2. The minimum absolute atomic E-state index is 0.235. The lowest BCUT2D eigenvalue weighted by atomic mass is 9.78. The number of ether oxygens (including phenoxy) is 2. The second-order valence-electron chi connectivity index (χ2n) is 15.3. The van der Waals surface area contributed by atoms with Gasteiger partial charge in [-0.3, -0.25) is 0 Å². The van der Waals surface area contributed by atoms with E-state index >= 15 is 0 Å². The molecule has 0 fully saturated rings. The smallest absolute Gasteiger partial charge is 0.330 e. The van der Waals surface area contributed by atoms with Gasteiger partial charge in [0.05, 0.1) is 12.0 Å². The van der Waals surface area contributed by atoms with Gasteiger partial charge in [-0.15, -0.1) is 0 Å². The quantitative estimate of drug-likeness (QED) is 0.0868. The molecule has 0 spiro atoms. The van der Waals surface area contributed by atoms with Gasteiger partial charge in [-0.1, -0.05) is 105 Å². The lowest BCUT2D eigenvalue weighted by Crippen LogP contribution is -2.29. The van der Waals surface area contributed by atoms with Crippen molar-refractivity contribution in [3.8, 4) is 0 Å². The highest BCUT2D eigenvalue weighted by atomic mass is 35.5. The van der Waals surface area contributed by atoms with E-state index in [9.17, 15) is 9.59 Å². The monoisotopic (exact) mass is 751 g/mol. The SMILES string of the molecule is C=CC(=O)OCCN1C(=CC=C2CCCC(C=CC3=[N+](CCOC(=O)C=C)c4ccc5ccccc5c4C3(C)C)=C2Cl)C(C)(C)c2c1ccc1ccccc21. The molecular formula is C48H48ClN2O4+. The summed E-state index contributed by atoms with van der Waals surface area (Å²) in [6, 6.07) is 25.7. The molecular weight excluding hydrogens is 704 g/mol. The largest absolute Gasteiger partial charge is 0.461 e. The zero-order valence-corrected chi connectivity index (χ0v) is 32.9. The van der Waals surface area contributed by atoms with Crippen LogP contribution in [-0.2, 0) is 29.9 Å². The summed E-state index contributed by atoms with van der Waals surface area (Å²) in [5.74, 6) is -0.861. The normalized spacial score (nSPS) is 18.7. The lowest BCUT2D eigenvalue weighted by Gasteiger charge is -2.27. The number of nitrogens with zero attached hydrogens (tertiary/aromatic N) is 2. The molecule has 280 valence electrons. The van der Waals surface area contributed by atoms with Crippen LogP contribution in [0.5, 0.6) is 0 Å². The van der Waals surface area contributed by atoms with Crippen LogP contribution < -0.4 is 4.90 Å². The van der Waals surface area contributed by atoms with Crippen LogP contribution in [0.1, 0.15) is 58.1 Å². The number of fused-ring (bicyclic) bond motifs is 6. The molecule has 0 saturated carbocycles. The zero-order valence-electron chi connectivity index (χ0n) is 32.2. The fourth-order valence-electron chi connectivity index (χ4n) is 8.71. The highest BCUT2D eigenvalue weighted by Crippen LogP contribution is 2.51. The van der Waals surface area contributed by atoms with E-state index in [1.54, 1.807) is 0 Å². The molecule has 3 aliphatic rings. The lowest BCUT2D eigenvalue weighted by molar-refractivity contribution is -0.440. The van der Waals surface area contributed by atoms with E-state index in [1.165, 1.54) is 44.8 Å². The van der Waals surface area contributed by atoms with Crippen molar-refractivity contribution in [2.24, 2.45) is 0 Å². The van der Waals surface area contributed by atoms with Crippen LogP contribution in [0.25, 0.3) is 21.5 Å². The van der Waals surface area contributed by atoms with Gasteiger partial charge in [-0.05, 0) is 89.6 Å². The average Bonchev–Trinajstić information content (AvgIpc) is 3.54. The van der Waals surface area contributed by atoms with Crippen LogP contribution in [0.3, 0.4) is 0 Å². The molecule has 0 bridgehead atoms. The second kappa shape index (κ2) is 15.3. The molecule has 0 amide bonds. The van der Waals surface area contributed by atoms with Crippen molar-refractivity contribution in [3.63, 3.8) is 0 Å². The number of halogens is 1. The van der Waals surface area contributed by atoms with Crippen LogP contribution in [0, 0.1) is 0 Å². The number of allylic oxidation sites excluding steroid dienone is 8. The molecule has 7 heteroatoms. The average molecular weight is 752 g/mol. The summed E-state index contributed by atoms with van der Waals surface area (Å²) in [5.41, 5.74) is 8.52. The van der Waals surface area contributed by atoms with E-state index in [0.29, 0.717) is 13.1 Å². The van der Waals surface area contributed by atoms with Crippen LogP contribution in [0.15, 0.2) is 144 Å². The highest BCUT2D eigenvalue weighted by Gasteiger charge is 2.46. The van der Waals surface area contributed by atoms with Crippen LogP contribution in [-0.4, -0.2) is 48.5 Å². The van der Waals surface area contributed by atoms with Gasteiger partial charge in [0, 0.05) is 51.7 Å². The van der Waals surface area contributed by atoms with Crippen molar-refractivity contribution < 1.29 is 23.6 Å². The summed E-state index contributed by atoms with van der Waals surface area (Å²) in [7, 11) is 0. The van der Waals surface area contributed by atoms with Gasteiger partial charge in [0.2, 0.25) is 5.69 Å². The molecule has 4 aromatic carbocycles. The molecule has 0 unspecified atom stereocenters. The summed E-state index contributed by atoms with van der Waals surface area (Å²) < 4.78 is 13.2. The van der Waals surface area contributed by atoms with E-state index < -0.39 is 11.9 Å². The maximum Gasteiger partial charge on any atom is 0.330 e. The van der Waals surface area contributed by atoms with Crippen molar-refractivity contribution >= 4 is 62.2 Å². The molecule has 55 heavy (non-hydrogen) atoms. The number of esters is 2. The Labute approximate surface area is 329 Å². The van der Waals surface area contributed by atoms with Crippen LogP contribution >= 0.6 is 11.6 Å². The molecule has 6 nitrogen and oxygen atoms in total. The van der Waals surface area contributed by atoms with Crippen LogP contribution in [0.2, 0.25) is 0 Å². The van der Waals surface area contributed by atoms with Gasteiger partial charge in [0.25, 0.3) is 0 Å². The zero-order chi connectivity index (χ0) is 38.9. The van der Waals surface area contributed by atoms with Gasteiger partial charge in [0.15, 0.2) is 18.9 Å². The van der Waals surface area contributed by atoms with E-state index in [4.69, 9.17) is 21.1 Å². The number of hydrogen-bond donors (Lipinski definition) is 0. The predicted octanol–water partition coefficient (Wildman–Crippen LogP) is 10.7. The second-order valence-corrected chi connectivity index (χ2v) is 15.7. The third kappa shape index (κ3) is 7.00. The van der Waals surface area contributed by atoms with Gasteiger partial charge in [-0.25, -0.2) is 9.59 Å². The first kappa shape index (κ1) is 37.8. The molecule has 2 heterocycles. The van der Waals surface area contributed by atoms with E-state index in [-0.39, 0.29) is 24.0 Å². The Morgan fingerprint density at radius 3 is 2.11 bits per heavy atom. The summed E-state index contributed by atoms with van der Waals surface area (Å²) >= 11 is 7.30. The van der Waals surface area contributed by atoms with Gasteiger partial charge in [-0.2, -0.15) is 4.58 Å². The van der Waals surface area contributed by atoms with Crippen molar-refractivity contribution in [1.29, 1.82) is 0 Å². The van der Waals surface area contributed by atoms with Crippen molar-refractivity contribution in [2.75, 3.05) is 31.2 Å². The third-order valence-electron chi connectivity index (χ3n) is 11.3. The number of anilines is 1. The fraction of sp³-hybridized carbons (Fsp3) is 0.271. The summed E-state index contributed by atoms with van der Waals surface area (Å²) in [4.78, 5) is 26.2. The van der Waals surface area contributed by atoms with Gasteiger partial charge >= 0.3 is 11.9 Å². The summed E-state index contributed by atoms with van der Waals surface area (Å²) in [5, 5.41) is 5.59. The molecule has 4 aromatic rings. The Hall–Kier alpha value is -5.46. The standard InChI is InChI=1S/C48H48ClN2O4/c1-7-42(52)54-30-28-50-38-24-20-32-14-9-11-18-36(32)44(38)47(3,4)40(50)26-22-34-16-13-17-35(46(34)49)23-27-41-48(5,6)45-37-19-12-10-15-33(37)21-25-39(45)51(41)29-31-55-43(53)8-2/h7-12,14-15,18-27H,1-2,13,16-17,28-31H2,3-6H3/q+1. The third-order valence-corrected chi connectivity index (χ3v) is 11.8. The maximum atomic E-state index is 12.0. The number of carbonyl (C=O) groups is 2. The Bertz CT molecular complexity index is 2410. The number of rotatable bonds is 11. The Morgan fingerprint density at radius 2 is 1.42 bits per heavy atom. The van der Waals surface area contributed by atoms with Gasteiger partial charge < -0.3 is 14.4 Å². The van der Waals surface area contributed by atoms with Crippen LogP contribution in [0.4, 0.5) is 11.4 Å².